The highest BCUT2D eigenvalue weighted by molar-refractivity contribution is 6.02. The zero-order chi connectivity index (χ0) is 19.3. The lowest BCUT2D eigenvalue weighted by atomic mass is 10.1. The van der Waals surface area contributed by atoms with Crippen LogP contribution in [0.2, 0.25) is 0 Å². The van der Waals surface area contributed by atoms with Gasteiger partial charge in [-0.1, -0.05) is 6.07 Å². The SMILES string of the molecule is Cc1cc(Oc2cnccn2)ccc1NC(=O)/C=C\c1ccc2c(c1)OCO2. The molecule has 0 bridgehead atoms. The van der Waals surface area contributed by atoms with Crippen LogP contribution in [0, 0.1) is 6.92 Å². The van der Waals surface area contributed by atoms with Crippen LogP contribution in [0.25, 0.3) is 6.08 Å². The van der Waals surface area contributed by atoms with Crippen molar-refractivity contribution in [2.24, 2.45) is 0 Å². The maximum atomic E-state index is 12.2. The van der Waals surface area contributed by atoms with Gasteiger partial charge >= 0.3 is 0 Å². The van der Waals surface area contributed by atoms with Gasteiger partial charge in [0.15, 0.2) is 11.5 Å². The Labute approximate surface area is 161 Å². The summed E-state index contributed by atoms with van der Waals surface area (Å²) in [6.45, 7) is 2.11. The summed E-state index contributed by atoms with van der Waals surface area (Å²) in [6, 6.07) is 10.9. The number of hydrogen-bond acceptors (Lipinski definition) is 6. The standard InChI is InChI=1S/C21H17N3O4/c1-14-10-16(28-21-12-22-8-9-23-21)4-5-17(14)24-20(25)7-3-15-2-6-18-19(11-15)27-13-26-18/h2-12H,13H2,1H3,(H,24,25)/b7-3-. The molecule has 140 valence electrons. The average molecular weight is 375 g/mol. The van der Waals surface area contributed by atoms with Gasteiger partial charge in [0.25, 0.3) is 0 Å². The van der Waals surface area contributed by atoms with Crippen LogP contribution in [0.3, 0.4) is 0 Å². The minimum absolute atomic E-state index is 0.221. The third-order valence-corrected chi connectivity index (χ3v) is 4.04. The Hall–Kier alpha value is -3.87. The van der Waals surface area contributed by atoms with Crippen molar-refractivity contribution in [3.63, 3.8) is 0 Å². The molecule has 28 heavy (non-hydrogen) atoms. The topological polar surface area (TPSA) is 82.6 Å². The molecule has 0 unspecified atom stereocenters. The number of aromatic nitrogens is 2. The summed E-state index contributed by atoms with van der Waals surface area (Å²) in [5.74, 6) is 2.18. The fourth-order valence-electron chi connectivity index (χ4n) is 2.66. The highest BCUT2D eigenvalue weighted by atomic mass is 16.7. The molecule has 3 aromatic rings. The second-order valence-corrected chi connectivity index (χ2v) is 6.06. The third kappa shape index (κ3) is 4.09. The van der Waals surface area contributed by atoms with Crippen molar-refractivity contribution in [3.05, 3.63) is 72.2 Å². The summed E-state index contributed by atoms with van der Waals surface area (Å²) in [7, 11) is 0. The van der Waals surface area contributed by atoms with Gasteiger partial charge in [-0.3, -0.25) is 9.78 Å². The Bertz CT molecular complexity index is 1040. The zero-order valence-corrected chi connectivity index (χ0v) is 15.1. The van der Waals surface area contributed by atoms with Crippen LogP contribution in [0.5, 0.6) is 23.1 Å². The zero-order valence-electron chi connectivity index (χ0n) is 15.1. The Kier molecular flexibility index (Phi) is 4.88. The molecule has 1 N–H and O–H groups in total. The number of benzene rings is 2. The second kappa shape index (κ2) is 7.79. The fourth-order valence-corrected chi connectivity index (χ4v) is 2.66. The van der Waals surface area contributed by atoms with Gasteiger partial charge in [-0.05, 0) is 54.5 Å². The molecule has 2 aromatic carbocycles. The number of hydrogen-bond donors (Lipinski definition) is 1. The van der Waals surface area contributed by atoms with Crippen molar-refractivity contribution in [2.45, 2.75) is 6.92 Å². The summed E-state index contributed by atoms with van der Waals surface area (Å²) < 4.78 is 16.2. The van der Waals surface area contributed by atoms with Gasteiger partial charge < -0.3 is 19.5 Å². The number of ether oxygens (including phenoxy) is 3. The van der Waals surface area contributed by atoms with E-state index in [2.05, 4.69) is 15.3 Å². The minimum atomic E-state index is -0.233. The smallest absolute Gasteiger partial charge is 0.248 e. The highest BCUT2D eigenvalue weighted by Crippen LogP contribution is 2.32. The maximum absolute atomic E-state index is 12.2. The van der Waals surface area contributed by atoms with Crippen LogP contribution >= 0.6 is 0 Å². The molecular formula is C21H17N3O4. The molecule has 4 rings (SSSR count). The van der Waals surface area contributed by atoms with Crippen molar-refractivity contribution in [1.82, 2.24) is 9.97 Å². The molecule has 0 saturated carbocycles. The van der Waals surface area contributed by atoms with Crippen LogP contribution in [0.1, 0.15) is 11.1 Å². The molecule has 1 amide bonds. The van der Waals surface area contributed by atoms with Crippen molar-refractivity contribution in [1.29, 1.82) is 0 Å². The van der Waals surface area contributed by atoms with E-state index in [9.17, 15) is 4.79 Å². The molecule has 0 aliphatic carbocycles. The van der Waals surface area contributed by atoms with Gasteiger partial charge in [0.05, 0.1) is 6.20 Å². The molecule has 0 fully saturated rings. The molecule has 7 heteroatoms. The van der Waals surface area contributed by atoms with Crippen molar-refractivity contribution in [3.8, 4) is 23.1 Å². The first-order valence-corrected chi connectivity index (χ1v) is 8.60. The molecule has 0 atom stereocenters. The van der Waals surface area contributed by atoms with E-state index >= 15 is 0 Å². The lowest BCUT2D eigenvalue weighted by molar-refractivity contribution is -0.111. The van der Waals surface area contributed by atoms with Crippen LogP contribution in [0.4, 0.5) is 5.69 Å². The number of carbonyl (C=O) groups excluding carboxylic acids is 1. The number of rotatable bonds is 5. The molecule has 1 aliphatic heterocycles. The Morgan fingerprint density at radius 1 is 1.14 bits per heavy atom. The Morgan fingerprint density at radius 3 is 2.86 bits per heavy atom. The average Bonchev–Trinajstić information content (AvgIpc) is 3.17. The van der Waals surface area contributed by atoms with Gasteiger partial charge in [0.1, 0.15) is 5.75 Å². The molecule has 1 aliphatic rings. The number of aryl methyl sites for hydroxylation is 1. The van der Waals surface area contributed by atoms with Crippen LogP contribution in [-0.2, 0) is 4.79 Å². The number of anilines is 1. The largest absolute Gasteiger partial charge is 0.454 e. The van der Waals surface area contributed by atoms with E-state index in [1.54, 1.807) is 30.6 Å². The van der Waals surface area contributed by atoms with Gasteiger partial charge in [0.2, 0.25) is 18.6 Å². The summed E-state index contributed by atoms with van der Waals surface area (Å²) in [5, 5.41) is 2.86. The molecule has 0 radical (unpaired) electrons. The first kappa shape index (κ1) is 17.5. The lowest BCUT2D eigenvalue weighted by Crippen LogP contribution is -2.08. The monoisotopic (exact) mass is 375 g/mol. The van der Waals surface area contributed by atoms with E-state index in [4.69, 9.17) is 14.2 Å². The highest BCUT2D eigenvalue weighted by Gasteiger charge is 2.12. The Balaban J connectivity index is 1.40. The van der Waals surface area contributed by atoms with E-state index in [-0.39, 0.29) is 12.7 Å². The third-order valence-electron chi connectivity index (χ3n) is 4.04. The molecule has 7 nitrogen and oxygen atoms in total. The van der Waals surface area contributed by atoms with E-state index in [0.29, 0.717) is 28.8 Å². The number of amides is 1. The van der Waals surface area contributed by atoms with Gasteiger partial charge in [-0.2, -0.15) is 0 Å². The lowest BCUT2D eigenvalue weighted by Gasteiger charge is -2.09. The quantitative estimate of drug-likeness (QED) is 0.680. The normalized spacial score (nSPS) is 12.2. The summed E-state index contributed by atoms with van der Waals surface area (Å²) in [5.41, 5.74) is 2.42. The summed E-state index contributed by atoms with van der Waals surface area (Å²) in [4.78, 5) is 20.3. The van der Waals surface area contributed by atoms with E-state index in [0.717, 1.165) is 11.1 Å². The van der Waals surface area contributed by atoms with Crippen LogP contribution in [-0.4, -0.2) is 22.7 Å². The number of fused-ring (bicyclic) bond motifs is 1. The molecule has 0 saturated heterocycles. The van der Waals surface area contributed by atoms with Crippen LogP contribution < -0.4 is 19.5 Å². The van der Waals surface area contributed by atoms with E-state index in [1.807, 2.05) is 31.2 Å². The Morgan fingerprint density at radius 2 is 2.04 bits per heavy atom. The van der Waals surface area contributed by atoms with Crippen molar-refractivity contribution < 1.29 is 19.0 Å². The number of nitrogens with one attached hydrogen (secondary N) is 1. The van der Waals surface area contributed by atoms with Crippen molar-refractivity contribution >= 4 is 17.7 Å². The van der Waals surface area contributed by atoms with Crippen LogP contribution in [0.15, 0.2) is 61.1 Å². The molecular weight excluding hydrogens is 358 g/mol. The second-order valence-electron chi connectivity index (χ2n) is 6.06. The van der Waals surface area contributed by atoms with Crippen molar-refractivity contribution in [2.75, 3.05) is 12.1 Å². The first-order chi connectivity index (χ1) is 13.7. The molecule has 2 heterocycles. The predicted molar refractivity (Wildman–Crippen MR) is 104 cm³/mol. The first-order valence-electron chi connectivity index (χ1n) is 8.60. The predicted octanol–water partition coefficient (Wildman–Crippen LogP) is 3.96. The van der Waals surface area contributed by atoms with E-state index in [1.165, 1.54) is 12.3 Å². The number of carbonyl (C=O) groups is 1. The molecule has 0 spiro atoms. The summed E-state index contributed by atoms with van der Waals surface area (Å²) >= 11 is 0. The maximum Gasteiger partial charge on any atom is 0.248 e. The number of nitrogens with zero attached hydrogens (tertiary/aromatic N) is 2. The van der Waals surface area contributed by atoms with Gasteiger partial charge in [-0.25, -0.2) is 4.98 Å². The van der Waals surface area contributed by atoms with E-state index < -0.39 is 0 Å². The van der Waals surface area contributed by atoms with Gasteiger partial charge in [-0.15, -0.1) is 0 Å². The molecule has 1 aromatic heterocycles. The fraction of sp³-hybridized carbons (Fsp3) is 0.0952. The van der Waals surface area contributed by atoms with Gasteiger partial charge in [0, 0.05) is 24.2 Å². The minimum Gasteiger partial charge on any atom is -0.454 e. The summed E-state index contributed by atoms with van der Waals surface area (Å²) in [6.07, 6.45) is 7.86.